The predicted octanol–water partition coefficient (Wildman–Crippen LogP) is 2.10. The van der Waals surface area contributed by atoms with Crippen molar-refractivity contribution >= 4 is 37.5 Å². The SMILES string of the molecule is CN(CC(=O)Nc1cccc(Br)c1)S(=O)(=O)c1cccnc1. The number of likely N-dealkylation sites (N-methyl/N-ethyl adjacent to an activating group) is 1. The van der Waals surface area contributed by atoms with Crippen LogP contribution in [-0.4, -0.2) is 37.2 Å². The summed E-state index contributed by atoms with van der Waals surface area (Å²) in [4.78, 5) is 15.8. The van der Waals surface area contributed by atoms with Gasteiger partial charge in [-0.25, -0.2) is 8.42 Å². The van der Waals surface area contributed by atoms with Gasteiger partial charge in [-0.15, -0.1) is 0 Å². The van der Waals surface area contributed by atoms with Crippen molar-refractivity contribution in [3.05, 3.63) is 53.3 Å². The van der Waals surface area contributed by atoms with Crippen molar-refractivity contribution < 1.29 is 13.2 Å². The van der Waals surface area contributed by atoms with Crippen LogP contribution in [0, 0.1) is 0 Å². The molecule has 1 heterocycles. The Labute approximate surface area is 137 Å². The highest BCUT2D eigenvalue weighted by atomic mass is 79.9. The molecule has 1 aromatic carbocycles. The molecule has 0 radical (unpaired) electrons. The smallest absolute Gasteiger partial charge is 0.244 e. The first-order valence-corrected chi connectivity index (χ1v) is 8.54. The van der Waals surface area contributed by atoms with Gasteiger partial charge in [-0.1, -0.05) is 22.0 Å². The number of carbonyl (C=O) groups excluding carboxylic acids is 1. The summed E-state index contributed by atoms with van der Waals surface area (Å²) in [5, 5.41) is 2.65. The summed E-state index contributed by atoms with van der Waals surface area (Å²) < 4.78 is 26.3. The van der Waals surface area contributed by atoms with Crippen LogP contribution in [0.2, 0.25) is 0 Å². The number of hydrogen-bond donors (Lipinski definition) is 1. The Morgan fingerprint density at radius 1 is 1.32 bits per heavy atom. The van der Waals surface area contributed by atoms with E-state index in [1.54, 1.807) is 18.2 Å². The number of nitrogens with one attached hydrogen (secondary N) is 1. The minimum atomic E-state index is -3.73. The Morgan fingerprint density at radius 3 is 2.73 bits per heavy atom. The van der Waals surface area contributed by atoms with Crippen LogP contribution in [0.1, 0.15) is 0 Å². The lowest BCUT2D eigenvalue weighted by Crippen LogP contribution is -2.35. The van der Waals surface area contributed by atoms with Gasteiger partial charge in [-0.2, -0.15) is 4.31 Å². The van der Waals surface area contributed by atoms with Crippen LogP contribution in [0.5, 0.6) is 0 Å². The molecule has 0 atom stereocenters. The van der Waals surface area contributed by atoms with Gasteiger partial charge in [0.25, 0.3) is 0 Å². The van der Waals surface area contributed by atoms with Crippen LogP contribution in [0.3, 0.4) is 0 Å². The molecular weight excluding hydrogens is 370 g/mol. The molecule has 2 aromatic rings. The first-order valence-electron chi connectivity index (χ1n) is 6.31. The molecule has 0 unspecified atom stereocenters. The second-order valence-corrected chi connectivity index (χ2v) is 7.47. The zero-order valence-corrected chi connectivity index (χ0v) is 14.1. The van der Waals surface area contributed by atoms with E-state index < -0.39 is 15.9 Å². The van der Waals surface area contributed by atoms with E-state index >= 15 is 0 Å². The summed E-state index contributed by atoms with van der Waals surface area (Å²) in [7, 11) is -2.38. The monoisotopic (exact) mass is 383 g/mol. The molecular formula is C14H14BrN3O3S. The van der Waals surface area contributed by atoms with E-state index in [0.29, 0.717) is 5.69 Å². The Balaban J connectivity index is 2.05. The number of nitrogens with zero attached hydrogens (tertiary/aromatic N) is 2. The molecule has 0 fully saturated rings. The van der Waals surface area contributed by atoms with E-state index in [4.69, 9.17) is 0 Å². The van der Waals surface area contributed by atoms with E-state index in [9.17, 15) is 13.2 Å². The predicted molar refractivity (Wildman–Crippen MR) is 86.8 cm³/mol. The number of aromatic nitrogens is 1. The minimum Gasteiger partial charge on any atom is -0.325 e. The second-order valence-electron chi connectivity index (χ2n) is 4.51. The van der Waals surface area contributed by atoms with Gasteiger partial charge >= 0.3 is 0 Å². The number of hydrogen-bond acceptors (Lipinski definition) is 4. The maximum Gasteiger partial charge on any atom is 0.244 e. The molecule has 0 aliphatic rings. The third kappa shape index (κ3) is 4.12. The van der Waals surface area contributed by atoms with E-state index in [1.165, 1.54) is 31.6 Å². The number of halogens is 1. The molecule has 0 aliphatic heterocycles. The number of anilines is 1. The normalized spacial score (nSPS) is 11.4. The number of carbonyl (C=O) groups is 1. The Morgan fingerprint density at radius 2 is 2.09 bits per heavy atom. The van der Waals surface area contributed by atoms with Gasteiger partial charge in [0, 0.05) is 29.6 Å². The Hall–Kier alpha value is -1.77. The molecule has 0 bridgehead atoms. The summed E-state index contributed by atoms with van der Waals surface area (Å²) in [6.45, 7) is -0.288. The fourth-order valence-corrected chi connectivity index (χ4v) is 3.22. The Kier molecular flexibility index (Phi) is 5.28. The zero-order valence-electron chi connectivity index (χ0n) is 11.7. The van der Waals surface area contributed by atoms with Crippen molar-refractivity contribution in [2.45, 2.75) is 4.90 Å². The van der Waals surface area contributed by atoms with Gasteiger partial charge in [-0.3, -0.25) is 9.78 Å². The minimum absolute atomic E-state index is 0.0488. The molecule has 0 spiro atoms. The summed E-state index contributed by atoms with van der Waals surface area (Å²) in [5.41, 5.74) is 0.589. The maximum atomic E-state index is 12.3. The van der Waals surface area contributed by atoms with Crippen molar-refractivity contribution in [2.24, 2.45) is 0 Å². The average Bonchev–Trinajstić information content (AvgIpc) is 2.48. The Bertz CT molecular complexity index is 766. The first-order chi connectivity index (χ1) is 10.4. The van der Waals surface area contributed by atoms with Crippen LogP contribution in [-0.2, 0) is 14.8 Å². The fourth-order valence-electron chi connectivity index (χ4n) is 1.73. The number of pyridine rings is 1. The molecule has 0 aliphatic carbocycles. The number of rotatable bonds is 5. The standard InChI is InChI=1S/C14H14BrN3O3S/c1-18(22(20,21)13-6-3-7-16-9-13)10-14(19)17-12-5-2-4-11(15)8-12/h2-9H,10H2,1H3,(H,17,19). The molecule has 2 rings (SSSR count). The number of sulfonamides is 1. The third-order valence-corrected chi connectivity index (χ3v) is 5.10. The number of amides is 1. The summed E-state index contributed by atoms with van der Waals surface area (Å²) >= 11 is 3.30. The van der Waals surface area contributed by atoms with Crippen LogP contribution in [0.15, 0.2) is 58.2 Å². The van der Waals surface area contributed by atoms with Crippen molar-refractivity contribution in [1.82, 2.24) is 9.29 Å². The lowest BCUT2D eigenvalue weighted by atomic mass is 10.3. The summed E-state index contributed by atoms with van der Waals surface area (Å²) in [5.74, 6) is -0.423. The summed E-state index contributed by atoms with van der Waals surface area (Å²) in [6, 6.07) is 10.0. The average molecular weight is 384 g/mol. The first kappa shape index (κ1) is 16.6. The van der Waals surface area contributed by atoms with Gasteiger partial charge in [0.1, 0.15) is 4.90 Å². The molecule has 1 N–H and O–H groups in total. The van der Waals surface area contributed by atoms with Gasteiger partial charge < -0.3 is 5.32 Å². The molecule has 6 nitrogen and oxygen atoms in total. The van der Waals surface area contributed by atoms with Gasteiger partial charge in [0.15, 0.2) is 0 Å². The topological polar surface area (TPSA) is 79.4 Å². The summed E-state index contributed by atoms with van der Waals surface area (Å²) in [6.07, 6.45) is 2.73. The quantitative estimate of drug-likeness (QED) is 0.857. The maximum absolute atomic E-state index is 12.3. The van der Waals surface area contributed by atoms with Crippen molar-refractivity contribution in [3.63, 3.8) is 0 Å². The molecule has 8 heteroatoms. The van der Waals surface area contributed by atoms with E-state index in [1.807, 2.05) is 6.07 Å². The molecule has 0 saturated carbocycles. The molecule has 1 aromatic heterocycles. The van der Waals surface area contributed by atoms with Gasteiger partial charge in [0.2, 0.25) is 15.9 Å². The molecule has 0 saturated heterocycles. The van der Waals surface area contributed by atoms with Crippen molar-refractivity contribution in [2.75, 3.05) is 18.9 Å². The number of benzene rings is 1. The fraction of sp³-hybridized carbons (Fsp3) is 0.143. The third-order valence-electron chi connectivity index (χ3n) is 2.82. The molecule has 1 amide bonds. The van der Waals surface area contributed by atoms with E-state index in [0.717, 1.165) is 8.78 Å². The highest BCUT2D eigenvalue weighted by molar-refractivity contribution is 9.10. The lowest BCUT2D eigenvalue weighted by molar-refractivity contribution is -0.116. The van der Waals surface area contributed by atoms with Crippen molar-refractivity contribution in [3.8, 4) is 0 Å². The van der Waals surface area contributed by atoms with Crippen LogP contribution >= 0.6 is 15.9 Å². The van der Waals surface area contributed by atoms with Gasteiger partial charge in [0.05, 0.1) is 6.54 Å². The largest absolute Gasteiger partial charge is 0.325 e. The van der Waals surface area contributed by atoms with Crippen LogP contribution in [0.4, 0.5) is 5.69 Å². The van der Waals surface area contributed by atoms with E-state index in [-0.39, 0.29) is 11.4 Å². The zero-order chi connectivity index (χ0) is 16.2. The highest BCUT2D eigenvalue weighted by Gasteiger charge is 2.23. The molecule has 22 heavy (non-hydrogen) atoms. The van der Waals surface area contributed by atoms with E-state index in [2.05, 4.69) is 26.2 Å². The second kappa shape index (κ2) is 6.99. The molecule has 116 valence electrons. The van der Waals surface area contributed by atoms with Crippen molar-refractivity contribution in [1.29, 1.82) is 0 Å². The van der Waals surface area contributed by atoms with Gasteiger partial charge in [-0.05, 0) is 30.3 Å². The van der Waals surface area contributed by atoms with Crippen LogP contribution < -0.4 is 5.32 Å². The highest BCUT2D eigenvalue weighted by Crippen LogP contribution is 2.16. The lowest BCUT2D eigenvalue weighted by Gasteiger charge is -2.16. The van der Waals surface area contributed by atoms with Crippen LogP contribution in [0.25, 0.3) is 0 Å².